The number of esters is 1. The van der Waals surface area contributed by atoms with Crippen LogP contribution in [0.2, 0.25) is 0 Å². The minimum Gasteiger partial charge on any atom is -0.490 e. The summed E-state index contributed by atoms with van der Waals surface area (Å²) in [5.74, 6) is -0.0333. The van der Waals surface area contributed by atoms with E-state index in [4.69, 9.17) is 14.2 Å². The third-order valence-corrected chi connectivity index (χ3v) is 3.82. The van der Waals surface area contributed by atoms with E-state index in [0.29, 0.717) is 23.8 Å². The fraction of sp³-hybridized carbons (Fsp3) is 0.333. The quantitative estimate of drug-likeness (QED) is 0.717. The van der Waals surface area contributed by atoms with Crippen molar-refractivity contribution in [2.75, 3.05) is 18.5 Å². The summed E-state index contributed by atoms with van der Waals surface area (Å²) in [5.41, 5.74) is 2.66. The van der Waals surface area contributed by atoms with Crippen molar-refractivity contribution < 1.29 is 23.8 Å². The van der Waals surface area contributed by atoms with Gasteiger partial charge in [-0.15, -0.1) is 0 Å². The van der Waals surface area contributed by atoms with Crippen molar-refractivity contribution in [1.29, 1.82) is 0 Å². The molecule has 0 aliphatic rings. The van der Waals surface area contributed by atoms with Gasteiger partial charge < -0.3 is 19.5 Å². The molecule has 6 heteroatoms. The molecule has 0 radical (unpaired) electrons. The van der Waals surface area contributed by atoms with Crippen LogP contribution in [0.15, 0.2) is 42.5 Å². The Labute approximate surface area is 159 Å². The second kappa shape index (κ2) is 9.62. The van der Waals surface area contributed by atoms with E-state index < -0.39 is 18.0 Å². The van der Waals surface area contributed by atoms with E-state index in [1.165, 1.54) is 6.92 Å². The van der Waals surface area contributed by atoms with E-state index in [2.05, 4.69) is 5.32 Å². The van der Waals surface area contributed by atoms with E-state index in [9.17, 15) is 9.59 Å². The molecule has 2 aromatic rings. The maximum Gasteiger partial charge on any atom is 0.344 e. The lowest BCUT2D eigenvalue weighted by Crippen LogP contribution is -2.32. The van der Waals surface area contributed by atoms with Crippen LogP contribution in [-0.4, -0.2) is 31.2 Å². The molecular formula is C21H25NO5. The van der Waals surface area contributed by atoms with Crippen molar-refractivity contribution in [1.82, 2.24) is 0 Å². The topological polar surface area (TPSA) is 73.9 Å². The third-order valence-electron chi connectivity index (χ3n) is 3.82. The van der Waals surface area contributed by atoms with Gasteiger partial charge in [-0.3, -0.25) is 4.79 Å². The lowest BCUT2D eigenvalue weighted by molar-refractivity contribution is -0.155. The molecule has 144 valence electrons. The lowest BCUT2D eigenvalue weighted by Gasteiger charge is -2.16. The number of aryl methyl sites for hydroxylation is 2. The number of carbonyl (C=O) groups is 2. The first-order chi connectivity index (χ1) is 12.9. The molecule has 0 heterocycles. The minimum atomic E-state index is -0.942. The summed E-state index contributed by atoms with van der Waals surface area (Å²) in [6.45, 7) is 7.39. The molecule has 27 heavy (non-hydrogen) atoms. The zero-order chi connectivity index (χ0) is 19.8. The smallest absolute Gasteiger partial charge is 0.344 e. The maximum absolute atomic E-state index is 12.3. The molecule has 0 aliphatic carbocycles. The molecule has 0 fully saturated rings. The van der Waals surface area contributed by atoms with Crippen LogP contribution in [0.5, 0.6) is 11.5 Å². The Bertz CT molecular complexity index is 803. The SMILES string of the molecule is CCOc1ccccc1OCC(=O)O[C@H](C)C(=O)Nc1cc(C)ccc1C. The van der Waals surface area contributed by atoms with Crippen molar-refractivity contribution in [3.8, 4) is 11.5 Å². The Kier molecular flexibility index (Phi) is 7.23. The van der Waals surface area contributed by atoms with Crippen LogP contribution in [-0.2, 0) is 14.3 Å². The van der Waals surface area contributed by atoms with Gasteiger partial charge in [-0.2, -0.15) is 0 Å². The molecule has 0 aliphatic heterocycles. The van der Waals surface area contributed by atoms with Gasteiger partial charge in [0.1, 0.15) is 0 Å². The Balaban J connectivity index is 1.88. The molecule has 0 aromatic heterocycles. The molecule has 0 bridgehead atoms. The second-order valence-electron chi connectivity index (χ2n) is 6.11. The Morgan fingerprint density at radius 1 is 1.04 bits per heavy atom. The Morgan fingerprint density at radius 2 is 1.70 bits per heavy atom. The van der Waals surface area contributed by atoms with Crippen molar-refractivity contribution in [3.63, 3.8) is 0 Å². The molecule has 0 saturated heterocycles. The zero-order valence-electron chi connectivity index (χ0n) is 16.1. The Morgan fingerprint density at radius 3 is 2.37 bits per heavy atom. The fourth-order valence-electron chi connectivity index (χ4n) is 2.37. The average Bonchev–Trinajstić information content (AvgIpc) is 2.64. The van der Waals surface area contributed by atoms with Crippen LogP contribution in [0.1, 0.15) is 25.0 Å². The number of hydrogen-bond acceptors (Lipinski definition) is 5. The summed E-state index contributed by atoms with van der Waals surface area (Å²) in [6.07, 6.45) is -0.942. The number of carbonyl (C=O) groups excluding carboxylic acids is 2. The summed E-state index contributed by atoms with van der Waals surface area (Å²) >= 11 is 0. The molecule has 1 atom stereocenters. The fourth-order valence-corrected chi connectivity index (χ4v) is 2.37. The highest BCUT2D eigenvalue weighted by Crippen LogP contribution is 2.26. The molecule has 2 rings (SSSR count). The van der Waals surface area contributed by atoms with Gasteiger partial charge in [0.2, 0.25) is 0 Å². The molecule has 0 unspecified atom stereocenters. The molecule has 0 spiro atoms. The molecule has 1 N–H and O–H groups in total. The van der Waals surface area contributed by atoms with Crippen LogP contribution < -0.4 is 14.8 Å². The van der Waals surface area contributed by atoms with Gasteiger partial charge in [-0.25, -0.2) is 4.79 Å². The third kappa shape index (κ3) is 6.02. The van der Waals surface area contributed by atoms with Crippen LogP contribution in [0.3, 0.4) is 0 Å². The predicted octanol–water partition coefficient (Wildman–Crippen LogP) is 3.65. The van der Waals surface area contributed by atoms with Gasteiger partial charge in [0.25, 0.3) is 5.91 Å². The number of amides is 1. The second-order valence-corrected chi connectivity index (χ2v) is 6.11. The number of hydrogen-bond donors (Lipinski definition) is 1. The molecule has 2 aromatic carbocycles. The predicted molar refractivity (Wildman–Crippen MR) is 103 cm³/mol. The summed E-state index contributed by atoms with van der Waals surface area (Å²) in [6, 6.07) is 12.8. The normalized spacial score (nSPS) is 11.4. The van der Waals surface area contributed by atoms with Crippen LogP contribution in [0, 0.1) is 13.8 Å². The van der Waals surface area contributed by atoms with Gasteiger partial charge >= 0.3 is 5.97 Å². The molecular weight excluding hydrogens is 346 g/mol. The van der Waals surface area contributed by atoms with E-state index in [1.54, 1.807) is 18.2 Å². The van der Waals surface area contributed by atoms with Crippen LogP contribution >= 0.6 is 0 Å². The van der Waals surface area contributed by atoms with Gasteiger partial charge in [0.15, 0.2) is 24.2 Å². The van der Waals surface area contributed by atoms with Crippen molar-refractivity contribution in [2.24, 2.45) is 0 Å². The highest BCUT2D eigenvalue weighted by atomic mass is 16.6. The van der Waals surface area contributed by atoms with Gasteiger partial charge in [-0.05, 0) is 57.0 Å². The number of benzene rings is 2. The van der Waals surface area contributed by atoms with Crippen molar-refractivity contribution in [2.45, 2.75) is 33.8 Å². The van der Waals surface area contributed by atoms with Crippen molar-refractivity contribution >= 4 is 17.6 Å². The minimum absolute atomic E-state index is 0.314. The average molecular weight is 371 g/mol. The summed E-state index contributed by atoms with van der Waals surface area (Å²) in [4.78, 5) is 24.3. The number of nitrogens with one attached hydrogen (secondary N) is 1. The van der Waals surface area contributed by atoms with Gasteiger partial charge in [0.05, 0.1) is 6.61 Å². The van der Waals surface area contributed by atoms with Gasteiger partial charge in [0, 0.05) is 5.69 Å². The van der Waals surface area contributed by atoms with E-state index >= 15 is 0 Å². The van der Waals surface area contributed by atoms with Crippen LogP contribution in [0.25, 0.3) is 0 Å². The number of ether oxygens (including phenoxy) is 3. The largest absolute Gasteiger partial charge is 0.490 e. The zero-order valence-corrected chi connectivity index (χ0v) is 16.1. The number of para-hydroxylation sites is 2. The summed E-state index contributed by atoms with van der Waals surface area (Å²) < 4.78 is 16.0. The highest BCUT2D eigenvalue weighted by Gasteiger charge is 2.19. The first-order valence-electron chi connectivity index (χ1n) is 8.83. The standard InChI is InChI=1S/C21H25NO5/c1-5-25-18-8-6-7-9-19(18)26-13-20(23)27-16(4)21(24)22-17-12-14(2)10-11-15(17)3/h6-12,16H,5,13H2,1-4H3,(H,22,24)/t16-/m1/s1. The highest BCUT2D eigenvalue weighted by molar-refractivity contribution is 5.95. The first kappa shape index (κ1) is 20.3. The molecule has 1 amide bonds. The van der Waals surface area contributed by atoms with E-state index in [-0.39, 0.29) is 6.61 Å². The number of rotatable bonds is 8. The lowest BCUT2D eigenvalue weighted by atomic mass is 10.1. The Hall–Kier alpha value is -3.02. The first-order valence-corrected chi connectivity index (χ1v) is 8.83. The summed E-state index contributed by atoms with van der Waals surface area (Å²) in [7, 11) is 0. The van der Waals surface area contributed by atoms with Gasteiger partial charge in [-0.1, -0.05) is 24.3 Å². The number of anilines is 1. The molecule has 6 nitrogen and oxygen atoms in total. The molecule has 0 saturated carbocycles. The maximum atomic E-state index is 12.3. The van der Waals surface area contributed by atoms with E-state index in [0.717, 1.165) is 11.1 Å². The van der Waals surface area contributed by atoms with E-state index in [1.807, 2.05) is 45.0 Å². The van der Waals surface area contributed by atoms with Crippen LogP contribution in [0.4, 0.5) is 5.69 Å². The monoisotopic (exact) mass is 371 g/mol. The van der Waals surface area contributed by atoms with Crippen molar-refractivity contribution in [3.05, 3.63) is 53.6 Å². The summed E-state index contributed by atoms with van der Waals surface area (Å²) in [5, 5.41) is 2.78.